The Morgan fingerprint density at radius 2 is 0.922 bits per heavy atom. The number of ether oxygens (including phenoxy) is 14. The molecule has 64 heavy (non-hydrogen) atoms. The van der Waals surface area contributed by atoms with Crippen LogP contribution in [0, 0.1) is 5.92 Å². The molecule has 0 aromatic carbocycles. The van der Waals surface area contributed by atoms with Gasteiger partial charge in [-0.15, -0.1) is 0 Å². The van der Waals surface area contributed by atoms with E-state index >= 15 is 0 Å². The molecule has 1 heterocycles. The molecule has 0 radical (unpaired) electrons. The van der Waals surface area contributed by atoms with Crippen LogP contribution >= 0.6 is 0 Å². The number of methoxy groups -OCH3 is 1. The van der Waals surface area contributed by atoms with Gasteiger partial charge < -0.3 is 66.3 Å². The van der Waals surface area contributed by atoms with Gasteiger partial charge in [0, 0.05) is 82.3 Å². The highest BCUT2D eigenvalue weighted by Gasteiger charge is 2.55. The van der Waals surface area contributed by atoms with Crippen LogP contribution in [0.2, 0.25) is 0 Å². The number of hydrogen-bond acceptors (Lipinski definition) is 24. The zero-order valence-electron chi connectivity index (χ0n) is 38.1. The van der Waals surface area contributed by atoms with Crippen molar-refractivity contribution in [2.24, 2.45) is 5.92 Å². The second-order valence-corrected chi connectivity index (χ2v) is 14.4. The van der Waals surface area contributed by atoms with Crippen LogP contribution in [0.1, 0.15) is 89.5 Å². The number of carbonyl (C=O) groups excluding carboxylic acids is 10. The van der Waals surface area contributed by atoms with E-state index in [1.54, 1.807) is 0 Å². The first-order chi connectivity index (χ1) is 29.7. The Kier molecular flexibility index (Phi) is 24.4. The quantitative estimate of drug-likeness (QED) is 0.0692. The van der Waals surface area contributed by atoms with Crippen molar-refractivity contribution in [1.29, 1.82) is 0 Å². The lowest BCUT2D eigenvalue weighted by molar-refractivity contribution is -0.338. The van der Waals surface area contributed by atoms with Gasteiger partial charge in [0.1, 0.15) is 56.4 Å². The summed E-state index contributed by atoms with van der Waals surface area (Å²) >= 11 is 0. The number of esters is 10. The summed E-state index contributed by atoms with van der Waals surface area (Å²) < 4.78 is 78.6. The molecule has 0 N–H and O–H groups in total. The van der Waals surface area contributed by atoms with E-state index in [-0.39, 0.29) is 0 Å². The highest BCUT2D eigenvalue weighted by atomic mass is 16.8. The van der Waals surface area contributed by atoms with Gasteiger partial charge in [-0.25, -0.2) is 0 Å². The summed E-state index contributed by atoms with van der Waals surface area (Å²) in [7, 11) is 1.24. The minimum absolute atomic E-state index is 0.421. The molecule has 0 amide bonds. The summed E-state index contributed by atoms with van der Waals surface area (Å²) in [5.74, 6) is -10.0. The standard InChI is InChI=1S/C40H60O24/c1-18(55-23(6)44)32(15-52-20(3)41)63-40(39(60-28(11)49)61-29(12)50)64-37-34(17-54-22(5)43)62-31(36(58-26(9)47)38(37)59-27(10)48)14-30(33(51-13)16-53-21(4)42)35(57-25(8)46)19(2)56-24(7)45/h18-19,30-40H,14-17H2,1-13H3/t18-,19+,30?,31?,32?,33?,34?,35?,36?,37?,38?,40?/m0/s1. The molecule has 0 aromatic rings. The van der Waals surface area contributed by atoms with Crippen molar-refractivity contribution in [3.05, 3.63) is 0 Å². The number of carbonyl (C=O) groups is 10. The van der Waals surface area contributed by atoms with Crippen LogP contribution in [0.5, 0.6) is 0 Å². The van der Waals surface area contributed by atoms with E-state index in [1.807, 2.05) is 0 Å². The maximum Gasteiger partial charge on any atom is 0.305 e. The summed E-state index contributed by atoms with van der Waals surface area (Å²) in [5, 5.41) is 0. The molecule has 0 aromatic heterocycles. The first kappa shape index (κ1) is 56.6. The third-order valence-corrected chi connectivity index (χ3v) is 8.77. The summed E-state index contributed by atoms with van der Waals surface area (Å²) in [4.78, 5) is 124. The van der Waals surface area contributed by atoms with Gasteiger partial charge in [-0.3, -0.25) is 47.9 Å². The monoisotopic (exact) mass is 924 g/mol. The van der Waals surface area contributed by atoms with Gasteiger partial charge >= 0.3 is 59.7 Å². The summed E-state index contributed by atoms with van der Waals surface area (Å²) in [5.41, 5.74) is 0. The van der Waals surface area contributed by atoms with Gasteiger partial charge in [-0.1, -0.05) is 0 Å². The van der Waals surface area contributed by atoms with Crippen LogP contribution < -0.4 is 0 Å². The Hall–Kier alpha value is -5.46. The Morgan fingerprint density at radius 3 is 1.36 bits per heavy atom. The lowest BCUT2D eigenvalue weighted by Gasteiger charge is -2.47. The third kappa shape index (κ3) is 20.8. The first-order valence-electron chi connectivity index (χ1n) is 19.9. The van der Waals surface area contributed by atoms with E-state index in [2.05, 4.69) is 0 Å². The maximum absolute atomic E-state index is 13.0. The Labute approximate surface area is 369 Å². The molecule has 24 heteroatoms. The molecule has 0 aliphatic carbocycles. The topological polar surface area (TPSA) is 300 Å². The van der Waals surface area contributed by atoms with Gasteiger partial charge in [-0.05, 0) is 20.3 Å². The van der Waals surface area contributed by atoms with E-state index in [9.17, 15) is 47.9 Å². The second kappa shape index (κ2) is 27.7. The first-order valence-corrected chi connectivity index (χ1v) is 19.9. The predicted octanol–water partition coefficient (Wildman–Crippen LogP) is 0.712. The molecule has 0 spiro atoms. The molecule has 24 nitrogen and oxygen atoms in total. The lowest BCUT2D eigenvalue weighted by Crippen LogP contribution is -2.64. The fourth-order valence-electron chi connectivity index (χ4n) is 6.49. The van der Waals surface area contributed by atoms with Crippen LogP contribution in [0.15, 0.2) is 0 Å². The minimum Gasteiger partial charge on any atom is -0.463 e. The van der Waals surface area contributed by atoms with Crippen molar-refractivity contribution in [2.75, 3.05) is 26.9 Å². The zero-order valence-corrected chi connectivity index (χ0v) is 38.1. The van der Waals surface area contributed by atoms with Crippen LogP contribution in [-0.2, 0) is 114 Å². The zero-order chi connectivity index (χ0) is 49.0. The molecule has 1 rings (SSSR count). The number of rotatable bonds is 25. The largest absolute Gasteiger partial charge is 0.463 e. The van der Waals surface area contributed by atoms with Crippen LogP contribution in [0.4, 0.5) is 0 Å². The Bertz CT molecular complexity index is 1610. The summed E-state index contributed by atoms with van der Waals surface area (Å²) in [6.45, 7) is 11.3. The molecule has 0 saturated carbocycles. The van der Waals surface area contributed by atoms with Crippen molar-refractivity contribution in [3.8, 4) is 0 Å². The normalized spacial score (nSPS) is 21.4. The average Bonchev–Trinajstić information content (AvgIpc) is 3.14. The minimum atomic E-state index is -2.14. The van der Waals surface area contributed by atoms with Gasteiger partial charge in [0.05, 0.1) is 12.2 Å². The molecule has 10 unspecified atom stereocenters. The Balaban J connectivity index is 4.28. The molecular formula is C40H60O24. The van der Waals surface area contributed by atoms with E-state index in [4.69, 9.17) is 66.3 Å². The lowest BCUT2D eigenvalue weighted by atomic mass is 9.82. The second-order valence-electron chi connectivity index (χ2n) is 14.4. The van der Waals surface area contributed by atoms with Crippen molar-refractivity contribution in [2.45, 2.75) is 163 Å². The SMILES string of the molecule is COC(COC(C)=O)C(CC1OC(COC(C)=O)C(OC(OC(COC(C)=O)[C@H](C)OC(C)=O)C(OC(C)=O)OC(C)=O)C(OC(C)=O)C1OC(C)=O)C(OC(C)=O)[C@@H](C)OC(C)=O. The van der Waals surface area contributed by atoms with Gasteiger partial charge in [0.2, 0.25) is 6.29 Å². The van der Waals surface area contributed by atoms with Gasteiger partial charge in [-0.2, -0.15) is 0 Å². The molecule has 1 aliphatic heterocycles. The maximum atomic E-state index is 13.0. The highest BCUT2D eigenvalue weighted by Crippen LogP contribution is 2.37. The molecule has 1 aliphatic rings. The molecular weight excluding hydrogens is 864 g/mol. The van der Waals surface area contributed by atoms with Crippen molar-refractivity contribution >= 4 is 59.7 Å². The average molecular weight is 925 g/mol. The molecule has 1 saturated heterocycles. The van der Waals surface area contributed by atoms with E-state index < -0.39 is 165 Å². The molecule has 12 atom stereocenters. The van der Waals surface area contributed by atoms with Crippen molar-refractivity contribution in [1.82, 2.24) is 0 Å². The predicted molar refractivity (Wildman–Crippen MR) is 207 cm³/mol. The van der Waals surface area contributed by atoms with E-state index in [0.29, 0.717) is 0 Å². The third-order valence-electron chi connectivity index (χ3n) is 8.77. The summed E-state index contributed by atoms with van der Waals surface area (Å²) in [6, 6.07) is 0. The van der Waals surface area contributed by atoms with E-state index in [1.165, 1.54) is 21.0 Å². The molecule has 0 bridgehead atoms. The molecule has 364 valence electrons. The van der Waals surface area contributed by atoms with Crippen LogP contribution in [0.3, 0.4) is 0 Å². The number of hydrogen-bond donors (Lipinski definition) is 0. The highest BCUT2D eigenvalue weighted by molar-refractivity contribution is 5.70. The molecule has 1 fully saturated rings. The Morgan fingerprint density at radius 1 is 0.469 bits per heavy atom. The van der Waals surface area contributed by atoms with Crippen molar-refractivity contribution < 1.29 is 114 Å². The van der Waals surface area contributed by atoms with Crippen LogP contribution in [0.25, 0.3) is 0 Å². The van der Waals surface area contributed by atoms with E-state index in [0.717, 1.165) is 69.2 Å². The van der Waals surface area contributed by atoms with Gasteiger partial charge in [0.25, 0.3) is 6.29 Å². The van der Waals surface area contributed by atoms with Crippen LogP contribution in [-0.4, -0.2) is 160 Å². The van der Waals surface area contributed by atoms with Crippen molar-refractivity contribution in [3.63, 3.8) is 0 Å². The fraction of sp³-hybridized carbons (Fsp3) is 0.750. The fourth-order valence-corrected chi connectivity index (χ4v) is 6.49. The smallest absolute Gasteiger partial charge is 0.305 e. The van der Waals surface area contributed by atoms with Gasteiger partial charge in [0.15, 0.2) is 12.2 Å². The summed E-state index contributed by atoms with van der Waals surface area (Å²) in [6.07, 6.45) is -19.6.